The van der Waals surface area contributed by atoms with Crippen molar-refractivity contribution in [2.45, 2.75) is 49.0 Å². The van der Waals surface area contributed by atoms with Gasteiger partial charge in [-0.2, -0.15) is 5.10 Å². The summed E-state index contributed by atoms with van der Waals surface area (Å²) >= 11 is 1.79. The molecule has 0 bridgehead atoms. The molecule has 1 aromatic heterocycles. The second kappa shape index (κ2) is 5.62. The van der Waals surface area contributed by atoms with Crippen LogP contribution in [0.4, 0.5) is 0 Å². The van der Waals surface area contributed by atoms with E-state index in [1.807, 2.05) is 16.9 Å². The highest BCUT2D eigenvalue weighted by Crippen LogP contribution is 2.38. The molecule has 20 heavy (non-hydrogen) atoms. The van der Waals surface area contributed by atoms with E-state index in [4.69, 9.17) is 0 Å². The SMILES string of the molecule is CC(C)n1ccc(CC(O)C2Cc3ccccc3S2)n1. The molecule has 0 radical (unpaired) electrons. The molecule has 2 atom stereocenters. The molecule has 1 aliphatic rings. The van der Waals surface area contributed by atoms with Crippen molar-refractivity contribution in [2.24, 2.45) is 0 Å². The lowest BCUT2D eigenvalue weighted by molar-refractivity contribution is 0.170. The van der Waals surface area contributed by atoms with Crippen molar-refractivity contribution in [3.63, 3.8) is 0 Å². The molecule has 2 heterocycles. The summed E-state index contributed by atoms with van der Waals surface area (Å²) in [5.41, 5.74) is 2.33. The topological polar surface area (TPSA) is 38.0 Å². The average molecular weight is 288 g/mol. The summed E-state index contributed by atoms with van der Waals surface area (Å²) in [6.45, 7) is 4.22. The molecule has 4 heteroatoms. The Morgan fingerprint density at radius 2 is 2.15 bits per heavy atom. The predicted octanol–water partition coefficient (Wildman–Crippen LogP) is 3.08. The summed E-state index contributed by atoms with van der Waals surface area (Å²) in [4.78, 5) is 1.31. The molecular formula is C16H20N2OS. The first kappa shape index (κ1) is 13.7. The standard InChI is InChI=1S/C16H20N2OS/c1-11(2)18-8-7-13(17-18)10-14(19)16-9-12-5-3-4-6-15(12)20-16/h3-8,11,14,16,19H,9-10H2,1-2H3. The lowest BCUT2D eigenvalue weighted by atomic mass is 10.0. The van der Waals surface area contributed by atoms with Crippen LogP contribution in [0.15, 0.2) is 41.4 Å². The van der Waals surface area contributed by atoms with Gasteiger partial charge in [0, 0.05) is 28.8 Å². The number of nitrogens with zero attached hydrogens (tertiary/aromatic N) is 2. The predicted molar refractivity (Wildman–Crippen MR) is 82.1 cm³/mol. The van der Waals surface area contributed by atoms with E-state index in [9.17, 15) is 5.11 Å². The lowest BCUT2D eigenvalue weighted by Crippen LogP contribution is -2.25. The summed E-state index contributed by atoms with van der Waals surface area (Å²) in [7, 11) is 0. The summed E-state index contributed by atoms with van der Waals surface area (Å²) < 4.78 is 1.94. The minimum Gasteiger partial charge on any atom is -0.392 e. The van der Waals surface area contributed by atoms with Gasteiger partial charge in [-0.3, -0.25) is 4.68 Å². The number of benzene rings is 1. The van der Waals surface area contributed by atoms with E-state index < -0.39 is 0 Å². The minimum absolute atomic E-state index is 0.247. The maximum atomic E-state index is 10.5. The van der Waals surface area contributed by atoms with E-state index >= 15 is 0 Å². The smallest absolute Gasteiger partial charge is 0.0721 e. The molecule has 0 saturated heterocycles. The minimum atomic E-state index is -0.345. The maximum absolute atomic E-state index is 10.5. The van der Waals surface area contributed by atoms with Crippen LogP contribution in [0.5, 0.6) is 0 Å². The van der Waals surface area contributed by atoms with Crippen molar-refractivity contribution in [1.29, 1.82) is 0 Å². The van der Waals surface area contributed by atoms with E-state index in [0.29, 0.717) is 12.5 Å². The van der Waals surface area contributed by atoms with Gasteiger partial charge in [0.2, 0.25) is 0 Å². The van der Waals surface area contributed by atoms with Crippen LogP contribution in [0.25, 0.3) is 0 Å². The Balaban J connectivity index is 1.64. The van der Waals surface area contributed by atoms with Gasteiger partial charge in [-0.25, -0.2) is 0 Å². The van der Waals surface area contributed by atoms with Crippen LogP contribution in [0, 0.1) is 0 Å². The van der Waals surface area contributed by atoms with E-state index in [0.717, 1.165) is 12.1 Å². The van der Waals surface area contributed by atoms with E-state index in [1.54, 1.807) is 11.8 Å². The highest BCUT2D eigenvalue weighted by atomic mass is 32.2. The van der Waals surface area contributed by atoms with Crippen LogP contribution in [-0.2, 0) is 12.8 Å². The quantitative estimate of drug-likeness (QED) is 0.939. The number of hydrogen-bond acceptors (Lipinski definition) is 3. The van der Waals surface area contributed by atoms with Crippen molar-refractivity contribution < 1.29 is 5.11 Å². The van der Waals surface area contributed by atoms with Gasteiger partial charge in [0.25, 0.3) is 0 Å². The molecule has 0 saturated carbocycles. The Morgan fingerprint density at radius 3 is 2.85 bits per heavy atom. The number of rotatable bonds is 4. The zero-order valence-electron chi connectivity index (χ0n) is 11.9. The van der Waals surface area contributed by atoms with Gasteiger partial charge in [0.15, 0.2) is 0 Å². The fourth-order valence-electron chi connectivity index (χ4n) is 2.54. The largest absolute Gasteiger partial charge is 0.392 e. The molecule has 0 aliphatic carbocycles. The van der Waals surface area contributed by atoms with Crippen molar-refractivity contribution >= 4 is 11.8 Å². The Bertz CT molecular complexity index is 569. The van der Waals surface area contributed by atoms with Crippen LogP contribution in [0.2, 0.25) is 0 Å². The number of aliphatic hydroxyl groups is 1. The van der Waals surface area contributed by atoms with Crippen LogP contribution in [0.3, 0.4) is 0 Å². The molecular weight excluding hydrogens is 268 g/mol. The zero-order valence-corrected chi connectivity index (χ0v) is 12.7. The molecule has 1 aliphatic heterocycles. The molecule has 0 amide bonds. The van der Waals surface area contributed by atoms with Crippen LogP contribution in [0.1, 0.15) is 31.1 Å². The van der Waals surface area contributed by atoms with Gasteiger partial charge in [-0.15, -0.1) is 11.8 Å². The molecule has 2 aromatic rings. The van der Waals surface area contributed by atoms with Crippen LogP contribution in [-0.4, -0.2) is 26.2 Å². The highest BCUT2D eigenvalue weighted by Gasteiger charge is 2.28. The summed E-state index contributed by atoms with van der Waals surface area (Å²) in [5, 5.41) is 15.2. The van der Waals surface area contributed by atoms with Gasteiger partial charge in [0.1, 0.15) is 0 Å². The van der Waals surface area contributed by atoms with Crippen molar-refractivity contribution in [2.75, 3.05) is 0 Å². The lowest BCUT2D eigenvalue weighted by Gasteiger charge is -2.15. The van der Waals surface area contributed by atoms with Gasteiger partial charge < -0.3 is 5.11 Å². The average Bonchev–Trinajstić information content (AvgIpc) is 3.04. The maximum Gasteiger partial charge on any atom is 0.0721 e. The highest BCUT2D eigenvalue weighted by molar-refractivity contribution is 8.00. The third kappa shape index (κ3) is 2.76. The summed E-state index contributed by atoms with van der Waals surface area (Å²) in [6, 6.07) is 10.8. The third-order valence-corrected chi connectivity index (χ3v) is 5.15. The molecule has 1 N–H and O–H groups in total. The molecule has 106 valence electrons. The fourth-order valence-corrected chi connectivity index (χ4v) is 3.85. The number of fused-ring (bicyclic) bond motifs is 1. The number of thioether (sulfide) groups is 1. The molecule has 3 rings (SSSR count). The Morgan fingerprint density at radius 1 is 1.35 bits per heavy atom. The van der Waals surface area contributed by atoms with Gasteiger partial charge >= 0.3 is 0 Å². The van der Waals surface area contributed by atoms with E-state index in [1.165, 1.54) is 10.5 Å². The van der Waals surface area contributed by atoms with Crippen molar-refractivity contribution in [3.8, 4) is 0 Å². The Labute approximate surface area is 124 Å². The summed E-state index contributed by atoms with van der Waals surface area (Å²) in [6.07, 6.45) is 3.23. The normalized spacial score (nSPS) is 19.3. The van der Waals surface area contributed by atoms with Crippen molar-refractivity contribution in [1.82, 2.24) is 9.78 Å². The number of aliphatic hydroxyl groups excluding tert-OH is 1. The van der Waals surface area contributed by atoms with Crippen LogP contribution < -0.4 is 0 Å². The monoisotopic (exact) mass is 288 g/mol. The first-order valence-corrected chi connectivity index (χ1v) is 7.98. The number of hydrogen-bond donors (Lipinski definition) is 1. The second-order valence-electron chi connectivity index (χ2n) is 5.62. The molecule has 2 unspecified atom stereocenters. The Hall–Kier alpha value is -1.26. The van der Waals surface area contributed by atoms with Crippen LogP contribution >= 0.6 is 11.8 Å². The first-order valence-electron chi connectivity index (χ1n) is 7.10. The molecule has 0 fully saturated rings. The fraction of sp³-hybridized carbons (Fsp3) is 0.438. The third-order valence-electron chi connectivity index (χ3n) is 3.71. The Kier molecular flexibility index (Phi) is 3.85. The van der Waals surface area contributed by atoms with Gasteiger partial charge in [0.05, 0.1) is 11.8 Å². The zero-order chi connectivity index (χ0) is 14.1. The summed E-state index contributed by atoms with van der Waals surface area (Å²) in [5.74, 6) is 0. The molecule has 1 aromatic carbocycles. The first-order chi connectivity index (χ1) is 9.63. The van der Waals surface area contributed by atoms with E-state index in [2.05, 4.69) is 43.2 Å². The number of aromatic nitrogens is 2. The van der Waals surface area contributed by atoms with Gasteiger partial charge in [-0.1, -0.05) is 18.2 Å². The van der Waals surface area contributed by atoms with E-state index in [-0.39, 0.29) is 11.4 Å². The van der Waals surface area contributed by atoms with Crippen molar-refractivity contribution in [3.05, 3.63) is 47.8 Å². The van der Waals surface area contributed by atoms with Gasteiger partial charge in [-0.05, 0) is 38.0 Å². The second-order valence-corrected chi connectivity index (χ2v) is 6.90. The molecule has 3 nitrogen and oxygen atoms in total. The molecule has 0 spiro atoms.